The Kier molecular flexibility index (Phi) is 5.96. The number of para-hydroxylation sites is 1. The standard InChI is InChI=1S/C20H22N2O3S/c1-3-22-19(24)17-6-4-5-7-18(17)21-20(22)26-13-15(23)12-25-16-10-8-14(2)9-11-16/h4-11,15,23H,3,12-13H2,1-2H3/t15-/m0/s1. The molecule has 0 aliphatic carbocycles. The van der Waals surface area contributed by atoms with Crippen LogP contribution in [0.1, 0.15) is 12.5 Å². The molecule has 0 unspecified atom stereocenters. The summed E-state index contributed by atoms with van der Waals surface area (Å²) in [6, 6.07) is 15.0. The van der Waals surface area contributed by atoms with Gasteiger partial charge in [0.1, 0.15) is 12.4 Å². The third-order valence-corrected chi connectivity index (χ3v) is 5.13. The van der Waals surface area contributed by atoms with Crippen molar-refractivity contribution in [3.8, 4) is 5.75 Å². The smallest absolute Gasteiger partial charge is 0.262 e. The fourth-order valence-corrected chi connectivity index (χ4v) is 3.55. The molecular formula is C20H22N2O3S. The number of aliphatic hydroxyl groups excluding tert-OH is 1. The van der Waals surface area contributed by atoms with E-state index in [-0.39, 0.29) is 12.2 Å². The van der Waals surface area contributed by atoms with E-state index in [0.717, 1.165) is 11.3 Å². The van der Waals surface area contributed by atoms with Gasteiger partial charge in [-0.25, -0.2) is 4.98 Å². The highest BCUT2D eigenvalue weighted by Crippen LogP contribution is 2.19. The van der Waals surface area contributed by atoms with Gasteiger partial charge in [-0.2, -0.15) is 0 Å². The Bertz CT molecular complexity index is 938. The molecule has 136 valence electrons. The summed E-state index contributed by atoms with van der Waals surface area (Å²) in [5, 5.41) is 11.4. The van der Waals surface area contributed by atoms with Gasteiger partial charge in [0.25, 0.3) is 5.56 Å². The molecule has 1 N–H and O–H groups in total. The quantitative estimate of drug-likeness (QED) is 0.511. The number of thioether (sulfide) groups is 1. The second-order valence-electron chi connectivity index (χ2n) is 6.05. The first-order valence-corrected chi connectivity index (χ1v) is 9.57. The van der Waals surface area contributed by atoms with Gasteiger partial charge in [0.05, 0.1) is 17.0 Å². The molecule has 0 amide bonds. The van der Waals surface area contributed by atoms with E-state index in [1.165, 1.54) is 11.8 Å². The van der Waals surface area contributed by atoms with Crippen LogP contribution in [0.5, 0.6) is 5.75 Å². The summed E-state index contributed by atoms with van der Waals surface area (Å²) in [4.78, 5) is 17.2. The monoisotopic (exact) mass is 370 g/mol. The zero-order valence-corrected chi connectivity index (χ0v) is 15.7. The lowest BCUT2D eigenvalue weighted by Crippen LogP contribution is -2.24. The lowest BCUT2D eigenvalue weighted by molar-refractivity contribution is 0.126. The molecule has 0 aliphatic heterocycles. The molecular weight excluding hydrogens is 348 g/mol. The van der Waals surface area contributed by atoms with E-state index >= 15 is 0 Å². The van der Waals surface area contributed by atoms with Crippen molar-refractivity contribution in [2.45, 2.75) is 31.7 Å². The molecule has 26 heavy (non-hydrogen) atoms. The predicted octanol–water partition coefficient (Wildman–Crippen LogP) is 3.26. The zero-order valence-electron chi connectivity index (χ0n) is 14.9. The number of rotatable bonds is 7. The number of ether oxygens (including phenoxy) is 1. The zero-order chi connectivity index (χ0) is 18.5. The molecule has 1 aromatic heterocycles. The first kappa shape index (κ1) is 18.5. The summed E-state index contributed by atoms with van der Waals surface area (Å²) in [5.74, 6) is 1.13. The number of nitrogens with zero attached hydrogens (tertiary/aromatic N) is 2. The Labute approximate surface area is 156 Å². The van der Waals surface area contributed by atoms with E-state index in [9.17, 15) is 9.90 Å². The summed E-state index contributed by atoms with van der Waals surface area (Å²) in [7, 11) is 0. The minimum absolute atomic E-state index is 0.0500. The van der Waals surface area contributed by atoms with Crippen molar-refractivity contribution < 1.29 is 9.84 Å². The number of aryl methyl sites for hydroxylation is 1. The summed E-state index contributed by atoms with van der Waals surface area (Å²) in [6.45, 7) is 4.66. The van der Waals surface area contributed by atoms with Crippen LogP contribution in [0.25, 0.3) is 10.9 Å². The normalized spacial score (nSPS) is 12.3. The lowest BCUT2D eigenvalue weighted by Gasteiger charge is -2.14. The van der Waals surface area contributed by atoms with Crippen molar-refractivity contribution in [1.29, 1.82) is 0 Å². The maximum atomic E-state index is 12.6. The Morgan fingerprint density at radius 3 is 2.65 bits per heavy atom. The van der Waals surface area contributed by atoms with Crippen molar-refractivity contribution in [3.05, 3.63) is 64.4 Å². The Hall–Kier alpha value is -2.31. The summed E-state index contributed by atoms with van der Waals surface area (Å²) >= 11 is 1.37. The van der Waals surface area contributed by atoms with Crippen LogP contribution in [0, 0.1) is 6.92 Å². The molecule has 6 heteroatoms. The number of aliphatic hydroxyl groups is 1. The molecule has 0 spiro atoms. The Balaban J connectivity index is 1.66. The molecule has 3 rings (SSSR count). The maximum Gasteiger partial charge on any atom is 0.262 e. The van der Waals surface area contributed by atoms with E-state index in [4.69, 9.17) is 4.74 Å². The summed E-state index contributed by atoms with van der Waals surface area (Å²) in [6.07, 6.45) is -0.657. The van der Waals surface area contributed by atoms with Gasteiger partial charge < -0.3 is 9.84 Å². The van der Waals surface area contributed by atoms with Gasteiger partial charge in [-0.15, -0.1) is 0 Å². The largest absolute Gasteiger partial charge is 0.491 e. The molecule has 0 fully saturated rings. The number of benzene rings is 2. The van der Waals surface area contributed by atoms with Gasteiger partial charge in [-0.1, -0.05) is 41.6 Å². The highest BCUT2D eigenvalue weighted by Gasteiger charge is 2.13. The minimum Gasteiger partial charge on any atom is -0.491 e. The van der Waals surface area contributed by atoms with Gasteiger partial charge in [-0.3, -0.25) is 9.36 Å². The van der Waals surface area contributed by atoms with Crippen LogP contribution in [0.4, 0.5) is 0 Å². The van der Waals surface area contributed by atoms with Crippen molar-refractivity contribution in [2.75, 3.05) is 12.4 Å². The molecule has 2 aromatic carbocycles. The Morgan fingerprint density at radius 2 is 1.92 bits per heavy atom. The van der Waals surface area contributed by atoms with Crippen LogP contribution < -0.4 is 10.3 Å². The molecule has 0 radical (unpaired) electrons. The fourth-order valence-electron chi connectivity index (χ4n) is 2.58. The lowest BCUT2D eigenvalue weighted by atomic mass is 10.2. The number of aromatic nitrogens is 2. The van der Waals surface area contributed by atoms with Gasteiger partial charge in [-0.05, 0) is 38.1 Å². The first-order valence-electron chi connectivity index (χ1n) is 8.58. The third kappa shape index (κ3) is 4.26. The molecule has 5 nitrogen and oxygen atoms in total. The van der Waals surface area contributed by atoms with Crippen molar-refractivity contribution in [1.82, 2.24) is 9.55 Å². The maximum absolute atomic E-state index is 12.6. The van der Waals surface area contributed by atoms with Gasteiger partial charge in [0.15, 0.2) is 5.16 Å². The second kappa shape index (κ2) is 8.38. The minimum atomic E-state index is -0.657. The van der Waals surface area contributed by atoms with Gasteiger partial charge in [0, 0.05) is 12.3 Å². The van der Waals surface area contributed by atoms with E-state index in [1.54, 1.807) is 10.6 Å². The predicted molar refractivity (Wildman–Crippen MR) is 105 cm³/mol. The molecule has 1 atom stereocenters. The fraction of sp³-hybridized carbons (Fsp3) is 0.300. The molecule has 0 saturated carbocycles. The van der Waals surface area contributed by atoms with E-state index in [0.29, 0.717) is 28.4 Å². The average Bonchev–Trinajstić information content (AvgIpc) is 2.66. The summed E-state index contributed by atoms with van der Waals surface area (Å²) < 4.78 is 7.25. The second-order valence-corrected chi connectivity index (χ2v) is 7.04. The van der Waals surface area contributed by atoms with Crippen LogP contribution in [0.3, 0.4) is 0 Å². The highest BCUT2D eigenvalue weighted by atomic mass is 32.2. The SMILES string of the molecule is CCn1c(SC[C@@H](O)COc2ccc(C)cc2)nc2ccccc2c1=O. The molecule has 0 bridgehead atoms. The average molecular weight is 370 g/mol. The van der Waals surface area contributed by atoms with E-state index in [1.807, 2.05) is 56.3 Å². The van der Waals surface area contributed by atoms with Crippen molar-refractivity contribution in [3.63, 3.8) is 0 Å². The van der Waals surface area contributed by atoms with Crippen molar-refractivity contribution >= 4 is 22.7 Å². The van der Waals surface area contributed by atoms with E-state index < -0.39 is 6.10 Å². The molecule has 0 saturated heterocycles. The van der Waals surface area contributed by atoms with E-state index in [2.05, 4.69) is 4.98 Å². The third-order valence-electron chi connectivity index (χ3n) is 4.01. The Morgan fingerprint density at radius 1 is 1.19 bits per heavy atom. The van der Waals surface area contributed by atoms with Crippen LogP contribution in [0.2, 0.25) is 0 Å². The highest BCUT2D eigenvalue weighted by molar-refractivity contribution is 7.99. The van der Waals surface area contributed by atoms with Gasteiger partial charge >= 0.3 is 0 Å². The number of hydrogen-bond donors (Lipinski definition) is 1. The van der Waals surface area contributed by atoms with Crippen LogP contribution in [0.15, 0.2) is 58.5 Å². The van der Waals surface area contributed by atoms with Crippen LogP contribution >= 0.6 is 11.8 Å². The number of fused-ring (bicyclic) bond motifs is 1. The van der Waals surface area contributed by atoms with Crippen LogP contribution in [-0.4, -0.2) is 33.1 Å². The topological polar surface area (TPSA) is 64.3 Å². The van der Waals surface area contributed by atoms with Gasteiger partial charge in [0.2, 0.25) is 0 Å². The number of hydrogen-bond acceptors (Lipinski definition) is 5. The first-order chi connectivity index (χ1) is 12.6. The molecule has 3 aromatic rings. The molecule has 0 aliphatic rings. The van der Waals surface area contributed by atoms with Crippen molar-refractivity contribution in [2.24, 2.45) is 0 Å². The summed E-state index contributed by atoms with van der Waals surface area (Å²) in [5.41, 5.74) is 1.79. The van der Waals surface area contributed by atoms with Crippen LogP contribution in [-0.2, 0) is 6.54 Å². The molecule has 1 heterocycles.